The van der Waals surface area contributed by atoms with Gasteiger partial charge in [0.15, 0.2) is 5.58 Å². The van der Waals surface area contributed by atoms with Gasteiger partial charge in [-0.05, 0) is 38.3 Å². The van der Waals surface area contributed by atoms with Crippen LogP contribution in [0.15, 0.2) is 28.9 Å². The molecule has 0 N–H and O–H groups in total. The Hall–Kier alpha value is -2.67. The lowest BCUT2D eigenvalue weighted by atomic mass is 10.1. The first-order valence-electron chi connectivity index (χ1n) is 11.5. The number of rotatable bonds is 5. The lowest BCUT2D eigenvalue weighted by molar-refractivity contribution is 0.228. The van der Waals surface area contributed by atoms with Gasteiger partial charge >= 0.3 is 0 Å². The maximum absolute atomic E-state index is 6.16. The first-order valence-corrected chi connectivity index (χ1v) is 11.5. The van der Waals surface area contributed by atoms with Crippen molar-refractivity contribution < 1.29 is 4.42 Å². The molecule has 2 aliphatic rings. The molecule has 0 bridgehead atoms. The maximum Gasteiger partial charge on any atom is 0.209 e. The van der Waals surface area contributed by atoms with E-state index in [4.69, 9.17) is 9.40 Å². The second kappa shape index (κ2) is 8.46. The Kier molecular flexibility index (Phi) is 5.52. The number of piperazine rings is 1. The van der Waals surface area contributed by atoms with E-state index in [1.165, 1.54) is 24.1 Å². The van der Waals surface area contributed by atoms with Crippen molar-refractivity contribution in [3.05, 3.63) is 41.7 Å². The molecule has 1 unspecified atom stereocenters. The zero-order valence-electron chi connectivity index (χ0n) is 18.8. The van der Waals surface area contributed by atoms with Crippen molar-refractivity contribution >= 4 is 22.6 Å². The summed E-state index contributed by atoms with van der Waals surface area (Å²) in [5.74, 6) is 2.69. The van der Waals surface area contributed by atoms with E-state index in [0.717, 1.165) is 80.2 Å². The Morgan fingerprint density at radius 2 is 1.87 bits per heavy atom. The average Bonchev–Trinajstić information content (AvgIpc) is 3.42. The van der Waals surface area contributed by atoms with E-state index in [2.05, 4.69) is 56.7 Å². The summed E-state index contributed by atoms with van der Waals surface area (Å²) in [6, 6.07) is 6.47. The molecule has 0 saturated carbocycles. The van der Waals surface area contributed by atoms with E-state index in [1.54, 1.807) is 6.33 Å². The van der Waals surface area contributed by atoms with Crippen LogP contribution in [0.5, 0.6) is 0 Å². The van der Waals surface area contributed by atoms with Crippen molar-refractivity contribution in [3.8, 4) is 0 Å². The number of anilines is 2. The van der Waals surface area contributed by atoms with Gasteiger partial charge in [-0.25, -0.2) is 15.0 Å². The Bertz CT molecular complexity index is 1060. The van der Waals surface area contributed by atoms with Crippen LogP contribution in [-0.2, 0) is 6.54 Å². The number of aryl methyl sites for hydroxylation is 1. The van der Waals surface area contributed by atoms with E-state index >= 15 is 0 Å². The third-order valence-electron chi connectivity index (χ3n) is 6.98. The number of nitrogens with zero attached hydrogens (tertiary/aromatic N) is 6. The van der Waals surface area contributed by atoms with Crippen molar-refractivity contribution in [1.82, 2.24) is 19.9 Å². The molecular weight excluding hydrogens is 388 g/mol. The Morgan fingerprint density at radius 3 is 2.65 bits per heavy atom. The summed E-state index contributed by atoms with van der Waals surface area (Å²) in [7, 11) is 0. The number of hydrogen-bond acceptors (Lipinski definition) is 7. The van der Waals surface area contributed by atoms with Gasteiger partial charge in [0.25, 0.3) is 0 Å². The standard InChI is InChI=1S/C24H32N6O/c1-4-19-7-8-30(14-19)20-5-6-21-22(13-20)31-23(27-21)15-28-9-11-29(12-10-28)24-17(2)18(3)25-16-26-24/h5-6,13,16,19H,4,7-12,14-15H2,1-3H3. The highest BCUT2D eigenvalue weighted by Crippen LogP contribution is 2.29. The van der Waals surface area contributed by atoms with E-state index in [-0.39, 0.29) is 0 Å². The molecule has 1 atom stereocenters. The Morgan fingerprint density at radius 1 is 1.03 bits per heavy atom. The lowest BCUT2D eigenvalue weighted by Gasteiger charge is -2.35. The summed E-state index contributed by atoms with van der Waals surface area (Å²) < 4.78 is 6.16. The van der Waals surface area contributed by atoms with Gasteiger partial charge in [0, 0.05) is 62.3 Å². The number of oxazole rings is 1. The smallest absolute Gasteiger partial charge is 0.209 e. The molecule has 31 heavy (non-hydrogen) atoms. The average molecular weight is 421 g/mol. The van der Waals surface area contributed by atoms with Crippen LogP contribution >= 0.6 is 0 Å². The fourth-order valence-electron chi connectivity index (χ4n) is 4.78. The molecular formula is C24H32N6O. The van der Waals surface area contributed by atoms with Crippen LogP contribution in [0, 0.1) is 19.8 Å². The summed E-state index contributed by atoms with van der Waals surface area (Å²) in [5, 5.41) is 0. The lowest BCUT2D eigenvalue weighted by Crippen LogP contribution is -2.46. The van der Waals surface area contributed by atoms with E-state index < -0.39 is 0 Å². The predicted octanol–water partition coefficient (Wildman–Crippen LogP) is 3.79. The molecule has 0 spiro atoms. The fourth-order valence-corrected chi connectivity index (χ4v) is 4.78. The molecule has 164 valence electrons. The molecule has 0 radical (unpaired) electrons. The minimum Gasteiger partial charge on any atom is -0.439 e. The largest absolute Gasteiger partial charge is 0.439 e. The van der Waals surface area contributed by atoms with Gasteiger partial charge in [0.05, 0.1) is 6.54 Å². The number of fused-ring (bicyclic) bond motifs is 1. The van der Waals surface area contributed by atoms with E-state index in [1.807, 2.05) is 6.92 Å². The van der Waals surface area contributed by atoms with Crippen molar-refractivity contribution in [3.63, 3.8) is 0 Å². The highest BCUT2D eigenvalue weighted by atomic mass is 16.3. The molecule has 2 fully saturated rings. The molecule has 2 aliphatic heterocycles. The summed E-state index contributed by atoms with van der Waals surface area (Å²) >= 11 is 0. The molecule has 1 aromatic carbocycles. The van der Waals surface area contributed by atoms with Gasteiger partial charge in [-0.3, -0.25) is 4.90 Å². The van der Waals surface area contributed by atoms with E-state index in [0.29, 0.717) is 0 Å². The minimum atomic E-state index is 0.751. The zero-order chi connectivity index (χ0) is 21.4. The molecule has 0 amide bonds. The summed E-state index contributed by atoms with van der Waals surface area (Å²) in [6.45, 7) is 13.3. The first-order chi connectivity index (χ1) is 15.1. The van der Waals surface area contributed by atoms with Crippen LogP contribution in [0.4, 0.5) is 11.5 Å². The van der Waals surface area contributed by atoms with E-state index in [9.17, 15) is 0 Å². The zero-order valence-corrected chi connectivity index (χ0v) is 18.8. The normalized spacial score (nSPS) is 20.2. The molecule has 4 heterocycles. The molecule has 2 saturated heterocycles. The quantitative estimate of drug-likeness (QED) is 0.622. The van der Waals surface area contributed by atoms with Crippen LogP contribution in [0.25, 0.3) is 11.1 Å². The predicted molar refractivity (Wildman–Crippen MR) is 124 cm³/mol. The molecule has 2 aromatic heterocycles. The molecule has 0 aliphatic carbocycles. The Balaban J connectivity index is 1.23. The SMILES string of the molecule is CCC1CCN(c2ccc3nc(CN4CCN(c5ncnc(C)c5C)CC4)oc3c2)C1. The maximum atomic E-state index is 6.16. The molecule has 7 nitrogen and oxygen atoms in total. The topological polar surface area (TPSA) is 61.5 Å². The monoisotopic (exact) mass is 420 g/mol. The van der Waals surface area contributed by atoms with Gasteiger partial charge < -0.3 is 14.2 Å². The summed E-state index contributed by atoms with van der Waals surface area (Å²) in [5.41, 5.74) is 5.34. The highest BCUT2D eigenvalue weighted by Gasteiger charge is 2.23. The van der Waals surface area contributed by atoms with Gasteiger partial charge in [0.2, 0.25) is 5.89 Å². The van der Waals surface area contributed by atoms with Crippen LogP contribution in [0.3, 0.4) is 0 Å². The second-order valence-electron chi connectivity index (χ2n) is 8.94. The van der Waals surface area contributed by atoms with Crippen molar-refractivity contribution in [2.24, 2.45) is 5.92 Å². The third-order valence-corrected chi connectivity index (χ3v) is 6.98. The number of aromatic nitrogens is 3. The Labute approximate surface area is 184 Å². The van der Waals surface area contributed by atoms with Crippen LogP contribution in [0.1, 0.15) is 36.9 Å². The van der Waals surface area contributed by atoms with Crippen molar-refractivity contribution in [2.75, 3.05) is 49.1 Å². The highest BCUT2D eigenvalue weighted by molar-refractivity contribution is 5.77. The fraction of sp³-hybridized carbons (Fsp3) is 0.542. The third kappa shape index (κ3) is 4.11. The summed E-state index contributed by atoms with van der Waals surface area (Å²) in [4.78, 5) is 20.8. The summed E-state index contributed by atoms with van der Waals surface area (Å²) in [6.07, 6.45) is 4.21. The minimum absolute atomic E-state index is 0.751. The number of hydrogen-bond donors (Lipinski definition) is 0. The van der Waals surface area contributed by atoms with Gasteiger partial charge in [0.1, 0.15) is 17.7 Å². The molecule has 7 heteroatoms. The van der Waals surface area contributed by atoms with Crippen LogP contribution < -0.4 is 9.80 Å². The second-order valence-corrected chi connectivity index (χ2v) is 8.94. The van der Waals surface area contributed by atoms with Crippen LogP contribution in [0.2, 0.25) is 0 Å². The number of benzene rings is 1. The van der Waals surface area contributed by atoms with Crippen molar-refractivity contribution in [2.45, 2.75) is 40.2 Å². The van der Waals surface area contributed by atoms with Crippen molar-refractivity contribution in [1.29, 1.82) is 0 Å². The van der Waals surface area contributed by atoms with Crippen LogP contribution in [-0.4, -0.2) is 59.1 Å². The first kappa shape index (κ1) is 20.2. The van der Waals surface area contributed by atoms with Gasteiger partial charge in [-0.1, -0.05) is 13.3 Å². The molecule has 5 rings (SSSR count). The molecule has 3 aromatic rings. The van der Waals surface area contributed by atoms with Gasteiger partial charge in [-0.2, -0.15) is 0 Å². The van der Waals surface area contributed by atoms with Gasteiger partial charge in [-0.15, -0.1) is 0 Å².